The number of benzene rings is 1. The van der Waals surface area contributed by atoms with Crippen molar-refractivity contribution in [2.45, 2.75) is 25.7 Å². The lowest BCUT2D eigenvalue weighted by atomic mass is 10.1. The van der Waals surface area contributed by atoms with Crippen LogP contribution in [0, 0.1) is 0 Å². The quantitative estimate of drug-likeness (QED) is 0.784. The van der Waals surface area contributed by atoms with Crippen molar-refractivity contribution in [2.75, 3.05) is 11.9 Å². The Bertz CT molecular complexity index is 352. The Morgan fingerprint density at radius 1 is 1.12 bits per heavy atom. The fourth-order valence-electron chi connectivity index (χ4n) is 1.12. The molecule has 0 aromatic heterocycles. The molecule has 1 nitrogen and oxygen atoms in total. The summed E-state index contributed by atoms with van der Waals surface area (Å²) in [5, 5.41) is 2.62. The summed E-state index contributed by atoms with van der Waals surface area (Å²) in [6, 6.07) is 4.70. The van der Waals surface area contributed by atoms with Crippen LogP contribution in [0.4, 0.5) is 23.2 Å². The number of alkyl halides is 4. The van der Waals surface area contributed by atoms with Crippen molar-refractivity contribution < 1.29 is 17.6 Å². The molecule has 0 amide bonds. The summed E-state index contributed by atoms with van der Waals surface area (Å²) in [5.74, 6) is 0. The van der Waals surface area contributed by atoms with Crippen molar-refractivity contribution in [2.24, 2.45) is 0 Å². The van der Waals surface area contributed by atoms with E-state index in [4.69, 9.17) is 0 Å². The monoisotopic (exact) mass is 235 g/mol. The molecule has 1 N–H and O–H groups in total. The second-order valence-electron chi connectivity index (χ2n) is 4.15. The van der Waals surface area contributed by atoms with Gasteiger partial charge in [0.05, 0.1) is 5.56 Å². The molecule has 0 bridgehead atoms. The molecule has 0 aliphatic rings. The molecule has 0 aliphatic carbocycles. The lowest BCUT2D eigenvalue weighted by Gasteiger charge is -2.16. The lowest BCUT2D eigenvalue weighted by molar-refractivity contribution is -0.137. The van der Waals surface area contributed by atoms with E-state index in [0.717, 1.165) is 12.1 Å². The number of hydrogen-bond acceptors (Lipinski definition) is 1. The molecule has 0 radical (unpaired) electrons. The maximum Gasteiger partial charge on any atom is 0.416 e. The first-order chi connectivity index (χ1) is 7.18. The highest BCUT2D eigenvalue weighted by Gasteiger charge is 2.30. The zero-order valence-corrected chi connectivity index (χ0v) is 9.03. The molecule has 1 aromatic rings. The van der Waals surface area contributed by atoms with Gasteiger partial charge in [-0.3, -0.25) is 0 Å². The van der Waals surface area contributed by atoms with Crippen LogP contribution in [0.1, 0.15) is 19.4 Å². The van der Waals surface area contributed by atoms with Gasteiger partial charge in [-0.1, -0.05) is 6.07 Å². The minimum absolute atomic E-state index is 0.0334. The molecular formula is C11H13F4N. The average molecular weight is 235 g/mol. The maximum atomic E-state index is 13.1. The number of nitrogens with one attached hydrogen (secondary N) is 1. The van der Waals surface area contributed by atoms with Gasteiger partial charge in [0, 0.05) is 12.2 Å². The van der Waals surface area contributed by atoms with Crippen molar-refractivity contribution in [3.63, 3.8) is 0 Å². The first-order valence-electron chi connectivity index (χ1n) is 4.78. The Kier molecular flexibility index (Phi) is 3.45. The van der Waals surface area contributed by atoms with Crippen molar-refractivity contribution in [3.05, 3.63) is 29.8 Å². The summed E-state index contributed by atoms with van der Waals surface area (Å²) < 4.78 is 50.1. The first kappa shape index (κ1) is 12.8. The fourth-order valence-corrected chi connectivity index (χ4v) is 1.12. The highest BCUT2D eigenvalue weighted by atomic mass is 19.4. The van der Waals surface area contributed by atoms with E-state index in [0.29, 0.717) is 0 Å². The topological polar surface area (TPSA) is 12.0 Å². The third kappa shape index (κ3) is 4.08. The molecule has 16 heavy (non-hydrogen) atoms. The summed E-state index contributed by atoms with van der Waals surface area (Å²) in [6.45, 7) is 2.68. The van der Waals surface area contributed by atoms with Gasteiger partial charge >= 0.3 is 6.18 Å². The minimum Gasteiger partial charge on any atom is -0.382 e. The number of halogens is 4. The Hall–Kier alpha value is -1.26. The summed E-state index contributed by atoms with van der Waals surface area (Å²) in [5.41, 5.74) is -1.94. The Balaban J connectivity index is 2.76. The zero-order valence-electron chi connectivity index (χ0n) is 9.03. The molecular weight excluding hydrogens is 222 g/mol. The number of anilines is 1. The predicted octanol–water partition coefficient (Wildman–Crippen LogP) is 3.87. The van der Waals surface area contributed by atoms with Crippen molar-refractivity contribution in [3.8, 4) is 0 Å². The van der Waals surface area contributed by atoms with E-state index in [1.165, 1.54) is 26.0 Å². The van der Waals surface area contributed by atoms with Crippen LogP contribution in [-0.2, 0) is 6.18 Å². The van der Waals surface area contributed by atoms with Crippen molar-refractivity contribution >= 4 is 5.69 Å². The van der Waals surface area contributed by atoms with Crippen LogP contribution in [0.25, 0.3) is 0 Å². The first-order valence-corrected chi connectivity index (χ1v) is 4.78. The highest BCUT2D eigenvalue weighted by molar-refractivity contribution is 5.46. The molecule has 0 atom stereocenters. The van der Waals surface area contributed by atoms with E-state index in [1.54, 1.807) is 0 Å². The van der Waals surface area contributed by atoms with E-state index in [1.807, 2.05) is 0 Å². The summed E-state index contributed by atoms with van der Waals surface area (Å²) in [7, 11) is 0. The normalized spacial score (nSPS) is 12.6. The van der Waals surface area contributed by atoms with E-state index in [2.05, 4.69) is 5.32 Å². The van der Waals surface area contributed by atoms with Crippen LogP contribution in [-0.4, -0.2) is 12.2 Å². The number of rotatable bonds is 3. The molecule has 0 spiro atoms. The average Bonchev–Trinajstić information content (AvgIpc) is 2.13. The van der Waals surface area contributed by atoms with Crippen LogP contribution in [0.2, 0.25) is 0 Å². The SMILES string of the molecule is CC(C)(F)CNc1cccc(C(F)(F)F)c1. The van der Waals surface area contributed by atoms with Gasteiger partial charge in [-0.25, -0.2) is 4.39 Å². The molecule has 0 heterocycles. The molecule has 0 saturated carbocycles. The maximum absolute atomic E-state index is 13.1. The van der Waals surface area contributed by atoms with Gasteiger partial charge in [0.1, 0.15) is 5.67 Å². The van der Waals surface area contributed by atoms with Gasteiger partial charge in [0.2, 0.25) is 0 Å². The lowest BCUT2D eigenvalue weighted by Crippen LogP contribution is -2.24. The summed E-state index contributed by atoms with van der Waals surface area (Å²) in [4.78, 5) is 0. The molecule has 5 heteroatoms. The van der Waals surface area contributed by atoms with Gasteiger partial charge in [0.25, 0.3) is 0 Å². The smallest absolute Gasteiger partial charge is 0.382 e. The largest absolute Gasteiger partial charge is 0.416 e. The van der Waals surface area contributed by atoms with E-state index in [9.17, 15) is 17.6 Å². The molecule has 0 unspecified atom stereocenters. The molecule has 1 aromatic carbocycles. The molecule has 0 aliphatic heterocycles. The predicted molar refractivity (Wildman–Crippen MR) is 55.1 cm³/mol. The molecule has 0 saturated heterocycles. The molecule has 1 rings (SSSR count). The van der Waals surface area contributed by atoms with Crippen LogP contribution in [0.15, 0.2) is 24.3 Å². The Morgan fingerprint density at radius 3 is 2.25 bits per heavy atom. The molecule has 90 valence electrons. The summed E-state index contributed by atoms with van der Waals surface area (Å²) >= 11 is 0. The van der Waals surface area contributed by atoms with Gasteiger partial charge in [-0.2, -0.15) is 13.2 Å². The zero-order chi connectivity index (χ0) is 12.4. The van der Waals surface area contributed by atoms with E-state index < -0.39 is 17.4 Å². The van der Waals surface area contributed by atoms with Crippen LogP contribution in [0.3, 0.4) is 0 Å². The van der Waals surface area contributed by atoms with Crippen molar-refractivity contribution in [1.82, 2.24) is 0 Å². The Labute approximate surface area is 91.5 Å². The van der Waals surface area contributed by atoms with Gasteiger partial charge < -0.3 is 5.32 Å². The van der Waals surface area contributed by atoms with Gasteiger partial charge in [-0.15, -0.1) is 0 Å². The second-order valence-corrected chi connectivity index (χ2v) is 4.15. The highest BCUT2D eigenvalue weighted by Crippen LogP contribution is 2.30. The minimum atomic E-state index is -4.37. The van der Waals surface area contributed by atoms with Crippen LogP contribution >= 0.6 is 0 Å². The number of hydrogen-bond donors (Lipinski definition) is 1. The second kappa shape index (κ2) is 4.31. The standard InChI is InChI=1S/C11H13F4N/c1-10(2,12)7-16-9-5-3-4-8(6-9)11(13,14)15/h3-6,16H,7H2,1-2H3. The Morgan fingerprint density at radius 2 is 1.75 bits per heavy atom. The fraction of sp³-hybridized carbons (Fsp3) is 0.455. The molecule has 0 fully saturated rings. The van der Waals surface area contributed by atoms with Gasteiger partial charge in [-0.05, 0) is 32.0 Å². The summed E-state index contributed by atoms with van der Waals surface area (Å²) in [6.07, 6.45) is -4.37. The van der Waals surface area contributed by atoms with Crippen LogP contribution < -0.4 is 5.32 Å². The van der Waals surface area contributed by atoms with Crippen LogP contribution in [0.5, 0.6) is 0 Å². The third-order valence-corrected chi connectivity index (χ3v) is 1.90. The van der Waals surface area contributed by atoms with E-state index >= 15 is 0 Å². The van der Waals surface area contributed by atoms with E-state index in [-0.39, 0.29) is 12.2 Å². The van der Waals surface area contributed by atoms with Crippen molar-refractivity contribution in [1.29, 1.82) is 0 Å². The van der Waals surface area contributed by atoms with Gasteiger partial charge in [0.15, 0.2) is 0 Å². The third-order valence-electron chi connectivity index (χ3n) is 1.90.